The summed E-state index contributed by atoms with van der Waals surface area (Å²) in [4.78, 5) is 0. The minimum Gasteiger partial charge on any atom is -0.497 e. The molecule has 0 aromatic heterocycles. The average molecular weight is 201 g/mol. The van der Waals surface area contributed by atoms with Crippen LogP contribution in [-0.2, 0) is 6.42 Å². The summed E-state index contributed by atoms with van der Waals surface area (Å²) in [5.41, 5.74) is 1.14. The molecule has 0 amide bonds. The molecule has 0 fully saturated rings. The quantitative estimate of drug-likeness (QED) is 0.696. The van der Waals surface area contributed by atoms with Crippen molar-refractivity contribution in [2.75, 3.05) is 13.2 Å². The van der Waals surface area contributed by atoms with Crippen molar-refractivity contribution >= 4 is 11.6 Å². The number of methoxy groups -OCH3 is 1. The van der Waals surface area contributed by atoms with Gasteiger partial charge in [-0.25, -0.2) is 0 Å². The first-order valence-corrected chi connectivity index (χ1v) is 4.71. The number of rotatable bonds is 4. The van der Waals surface area contributed by atoms with Crippen molar-refractivity contribution in [3.05, 3.63) is 23.8 Å². The molecule has 0 unspecified atom stereocenters. The van der Waals surface area contributed by atoms with Gasteiger partial charge in [-0.2, -0.15) is 0 Å². The number of benzene rings is 1. The minimum absolute atomic E-state index is 0.167. The summed E-state index contributed by atoms with van der Waals surface area (Å²) in [5.74, 6) is 1.59. The Balaban J connectivity index is 2.95. The Kier molecular flexibility index (Phi) is 3.90. The lowest BCUT2D eigenvalue weighted by Gasteiger charge is -2.09. The van der Waals surface area contributed by atoms with E-state index in [1.54, 1.807) is 7.11 Å². The van der Waals surface area contributed by atoms with Crippen LogP contribution in [0.3, 0.4) is 0 Å². The molecule has 0 N–H and O–H groups in total. The van der Waals surface area contributed by atoms with E-state index in [-0.39, 0.29) is 6.07 Å². The van der Waals surface area contributed by atoms with Crippen LogP contribution in [0.1, 0.15) is 12.5 Å². The molecule has 13 heavy (non-hydrogen) atoms. The van der Waals surface area contributed by atoms with E-state index in [4.69, 9.17) is 21.1 Å². The Bertz CT molecular complexity index is 274. The van der Waals surface area contributed by atoms with E-state index < -0.39 is 0 Å². The molecule has 0 aliphatic heterocycles. The first kappa shape index (κ1) is 10.2. The summed E-state index contributed by atoms with van der Waals surface area (Å²) in [7, 11) is 1.63. The fourth-order valence-electron chi connectivity index (χ4n) is 1.15. The molecular formula is C10H13ClO2. The van der Waals surface area contributed by atoms with Crippen LogP contribution in [0.2, 0.25) is 0 Å². The van der Waals surface area contributed by atoms with Gasteiger partial charge >= 0.3 is 0 Å². The summed E-state index contributed by atoms with van der Waals surface area (Å²) in [6.45, 7) is 2.07. The maximum atomic E-state index is 5.50. The predicted octanol–water partition coefficient (Wildman–Crippen LogP) is 2.83. The third kappa shape index (κ3) is 2.52. The van der Waals surface area contributed by atoms with E-state index in [0.717, 1.165) is 23.5 Å². The molecule has 0 spiro atoms. The Morgan fingerprint density at radius 1 is 1.38 bits per heavy atom. The SMILES string of the molecule is CCc1ccc(OC)cc1OCCl. The van der Waals surface area contributed by atoms with Crippen LogP contribution >= 0.6 is 11.6 Å². The van der Waals surface area contributed by atoms with Crippen LogP contribution in [0, 0.1) is 0 Å². The van der Waals surface area contributed by atoms with Gasteiger partial charge in [0.15, 0.2) is 6.07 Å². The molecule has 72 valence electrons. The van der Waals surface area contributed by atoms with E-state index in [0.29, 0.717) is 0 Å². The lowest BCUT2D eigenvalue weighted by molar-refractivity contribution is 0.374. The van der Waals surface area contributed by atoms with Crippen molar-refractivity contribution in [2.45, 2.75) is 13.3 Å². The fraction of sp³-hybridized carbons (Fsp3) is 0.400. The first-order valence-electron chi connectivity index (χ1n) is 4.17. The summed E-state index contributed by atoms with van der Waals surface area (Å²) in [6, 6.07) is 5.92. The molecule has 1 aromatic carbocycles. The van der Waals surface area contributed by atoms with Crippen LogP contribution in [0.25, 0.3) is 0 Å². The second-order valence-corrected chi connectivity index (χ2v) is 2.80. The largest absolute Gasteiger partial charge is 0.497 e. The Labute approximate surface area is 83.4 Å². The Morgan fingerprint density at radius 2 is 2.15 bits per heavy atom. The molecule has 0 heterocycles. The van der Waals surface area contributed by atoms with Crippen molar-refractivity contribution < 1.29 is 9.47 Å². The van der Waals surface area contributed by atoms with Crippen LogP contribution in [0.5, 0.6) is 11.5 Å². The third-order valence-corrected chi connectivity index (χ3v) is 1.97. The van der Waals surface area contributed by atoms with Gasteiger partial charge < -0.3 is 9.47 Å². The van der Waals surface area contributed by atoms with Crippen molar-refractivity contribution in [1.82, 2.24) is 0 Å². The molecule has 0 saturated carbocycles. The van der Waals surface area contributed by atoms with Crippen LogP contribution in [0.4, 0.5) is 0 Å². The highest BCUT2D eigenvalue weighted by Crippen LogP contribution is 2.25. The highest BCUT2D eigenvalue weighted by molar-refractivity contribution is 6.17. The van der Waals surface area contributed by atoms with Crippen molar-refractivity contribution in [3.63, 3.8) is 0 Å². The van der Waals surface area contributed by atoms with Gasteiger partial charge in [-0.05, 0) is 18.1 Å². The van der Waals surface area contributed by atoms with E-state index in [9.17, 15) is 0 Å². The number of aryl methyl sites for hydroxylation is 1. The topological polar surface area (TPSA) is 18.5 Å². The molecule has 1 rings (SSSR count). The number of hydrogen-bond donors (Lipinski definition) is 0. The van der Waals surface area contributed by atoms with Crippen LogP contribution < -0.4 is 9.47 Å². The van der Waals surface area contributed by atoms with E-state index in [2.05, 4.69) is 6.92 Å². The van der Waals surface area contributed by atoms with Crippen LogP contribution in [-0.4, -0.2) is 13.2 Å². The molecule has 0 aliphatic carbocycles. The van der Waals surface area contributed by atoms with Gasteiger partial charge in [-0.3, -0.25) is 0 Å². The number of hydrogen-bond acceptors (Lipinski definition) is 2. The van der Waals surface area contributed by atoms with Crippen LogP contribution in [0.15, 0.2) is 18.2 Å². The zero-order valence-electron chi connectivity index (χ0n) is 7.84. The Hall–Kier alpha value is -0.890. The first-order chi connectivity index (χ1) is 6.31. The highest BCUT2D eigenvalue weighted by atomic mass is 35.5. The van der Waals surface area contributed by atoms with Gasteiger partial charge in [0.05, 0.1) is 7.11 Å². The van der Waals surface area contributed by atoms with Gasteiger partial charge in [-0.15, -0.1) is 0 Å². The van der Waals surface area contributed by atoms with E-state index >= 15 is 0 Å². The minimum atomic E-state index is 0.167. The molecule has 0 radical (unpaired) electrons. The second kappa shape index (κ2) is 4.97. The molecule has 0 bridgehead atoms. The smallest absolute Gasteiger partial charge is 0.162 e. The van der Waals surface area contributed by atoms with Gasteiger partial charge in [0.1, 0.15) is 11.5 Å². The maximum absolute atomic E-state index is 5.50. The molecule has 0 saturated heterocycles. The van der Waals surface area contributed by atoms with Crippen molar-refractivity contribution in [2.24, 2.45) is 0 Å². The molecule has 2 nitrogen and oxygen atoms in total. The summed E-state index contributed by atoms with van der Waals surface area (Å²) in [6.07, 6.45) is 0.927. The monoisotopic (exact) mass is 200 g/mol. The number of ether oxygens (including phenoxy) is 2. The third-order valence-electron chi connectivity index (χ3n) is 1.87. The molecule has 1 aromatic rings. The highest BCUT2D eigenvalue weighted by Gasteiger charge is 2.03. The maximum Gasteiger partial charge on any atom is 0.162 e. The predicted molar refractivity (Wildman–Crippen MR) is 53.7 cm³/mol. The molecule has 3 heteroatoms. The molecular weight excluding hydrogens is 188 g/mol. The summed E-state index contributed by atoms with van der Waals surface area (Å²) in [5, 5.41) is 0. The van der Waals surface area contributed by atoms with Gasteiger partial charge in [0.2, 0.25) is 0 Å². The molecule has 0 aliphatic rings. The summed E-state index contributed by atoms with van der Waals surface area (Å²) >= 11 is 5.50. The fourth-order valence-corrected chi connectivity index (χ4v) is 1.26. The van der Waals surface area contributed by atoms with Crippen molar-refractivity contribution in [1.29, 1.82) is 0 Å². The van der Waals surface area contributed by atoms with Gasteiger partial charge in [0, 0.05) is 6.07 Å². The summed E-state index contributed by atoms with van der Waals surface area (Å²) < 4.78 is 10.3. The van der Waals surface area contributed by atoms with Gasteiger partial charge in [0.25, 0.3) is 0 Å². The molecule has 0 atom stereocenters. The number of halogens is 1. The standard InChI is InChI=1S/C10H13ClO2/c1-3-8-4-5-9(12-2)6-10(8)13-7-11/h4-6H,3,7H2,1-2H3. The van der Waals surface area contributed by atoms with Gasteiger partial charge in [-0.1, -0.05) is 24.6 Å². The number of alkyl halides is 1. The zero-order chi connectivity index (χ0) is 9.68. The van der Waals surface area contributed by atoms with E-state index in [1.807, 2.05) is 18.2 Å². The van der Waals surface area contributed by atoms with Crippen molar-refractivity contribution in [3.8, 4) is 11.5 Å². The lowest BCUT2D eigenvalue weighted by atomic mass is 10.1. The Morgan fingerprint density at radius 3 is 2.69 bits per heavy atom. The normalized spacial score (nSPS) is 9.77. The lowest BCUT2D eigenvalue weighted by Crippen LogP contribution is -1.95. The van der Waals surface area contributed by atoms with E-state index in [1.165, 1.54) is 0 Å². The zero-order valence-corrected chi connectivity index (χ0v) is 8.60. The average Bonchev–Trinajstić information content (AvgIpc) is 2.18. The second-order valence-electron chi connectivity index (χ2n) is 2.58.